The summed E-state index contributed by atoms with van der Waals surface area (Å²) in [4.78, 5) is 5.11. The lowest BCUT2D eigenvalue weighted by Gasteiger charge is -2.34. The van der Waals surface area contributed by atoms with E-state index in [4.69, 9.17) is 11.6 Å². The molecule has 1 aliphatic heterocycles. The Balaban J connectivity index is 1.63. The Bertz CT molecular complexity index is 655. The molecule has 124 valence electrons. The second kappa shape index (κ2) is 6.49. The van der Waals surface area contributed by atoms with Gasteiger partial charge in [0.25, 0.3) is 0 Å². The highest BCUT2D eigenvalue weighted by atomic mass is 35.5. The summed E-state index contributed by atoms with van der Waals surface area (Å²) in [7, 11) is 0. The molecule has 8 heteroatoms. The molecule has 2 aromatic rings. The zero-order chi connectivity index (χ0) is 16.4. The molecule has 0 saturated carbocycles. The molecule has 0 spiro atoms. The maximum absolute atomic E-state index is 14.3. The number of alkyl halides is 2. The molecule has 0 radical (unpaired) electrons. The number of pyridine rings is 1. The summed E-state index contributed by atoms with van der Waals surface area (Å²) >= 11 is 5.56. The predicted octanol–water partition coefficient (Wildman–Crippen LogP) is 3.50. The van der Waals surface area contributed by atoms with Crippen molar-refractivity contribution in [3.05, 3.63) is 47.3 Å². The average Bonchev–Trinajstić information content (AvgIpc) is 3.01. The predicted molar refractivity (Wildman–Crippen MR) is 80.0 cm³/mol. The van der Waals surface area contributed by atoms with Gasteiger partial charge in [-0.05, 0) is 25.0 Å². The molecule has 0 N–H and O–H groups in total. The lowest BCUT2D eigenvalue weighted by molar-refractivity contribution is -0.0507. The van der Waals surface area contributed by atoms with Gasteiger partial charge in [-0.1, -0.05) is 11.6 Å². The first-order valence-electron chi connectivity index (χ1n) is 7.36. The molecule has 0 aliphatic carbocycles. The molecule has 3 heterocycles. The van der Waals surface area contributed by atoms with Gasteiger partial charge in [-0.25, -0.2) is 4.39 Å². The largest absolute Gasteiger partial charge is 0.304 e. The molecular weight excluding hydrogens is 329 g/mol. The fraction of sp³-hybridized carbons (Fsp3) is 0.467. The zero-order valence-corrected chi connectivity index (χ0v) is 13.1. The van der Waals surface area contributed by atoms with Crippen molar-refractivity contribution < 1.29 is 13.2 Å². The van der Waals surface area contributed by atoms with Crippen LogP contribution in [0.2, 0.25) is 5.02 Å². The third kappa shape index (κ3) is 3.67. The first kappa shape index (κ1) is 16.3. The first-order chi connectivity index (χ1) is 11.0. The zero-order valence-electron chi connectivity index (χ0n) is 12.3. The number of likely N-dealkylation sites (tertiary alicyclic amines) is 1. The van der Waals surface area contributed by atoms with Gasteiger partial charge in [0, 0.05) is 31.7 Å². The number of nitrogens with zero attached hydrogens (tertiary/aromatic N) is 4. The minimum atomic E-state index is -3.35. The van der Waals surface area contributed by atoms with Crippen LogP contribution in [0.15, 0.2) is 30.7 Å². The fourth-order valence-electron chi connectivity index (χ4n) is 2.88. The van der Waals surface area contributed by atoms with Crippen molar-refractivity contribution in [2.24, 2.45) is 0 Å². The van der Waals surface area contributed by atoms with Gasteiger partial charge in [0.2, 0.25) is 0 Å². The van der Waals surface area contributed by atoms with Gasteiger partial charge >= 0.3 is 5.92 Å². The van der Waals surface area contributed by atoms with Crippen molar-refractivity contribution in [1.82, 2.24) is 19.7 Å². The smallest absolute Gasteiger partial charge is 0.297 e. The van der Waals surface area contributed by atoms with E-state index in [0.717, 1.165) is 25.1 Å². The molecule has 0 bridgehead atoms. The van der Waals surface area contributed by atoms with Gasteiger partial charge in [0.15, 0.2) is 5.82 Å². The van der Waals surface area contributed by atoms with E-state index in [1.807, 2.05) is 16.9 Å². The fourth-order valence-corrected chi connectivity index (χ4v) is 3.02. The molecule has 0 aromatic carbocycles. The second-order valence-corrected chi connectivity index (χ2v) is 6.12. The molecule has 3 rings (SSSR count). The van der Waals surface area contributed by atoms with Crippen LogP contribution in [0.25, 0.3) is 0 Å². The summed E-state index contributed by atoms with van der Waals surface area (Å²) in [6, 6.07) is 2.93. The highest BCUT2D eigenvalue weighted by molar-refractivity contribution is 6.30. The van der Waals surface area contributed by atoms with Gasteiger partial charge in [0.05, 0.1) is 17.6 Å². The summed E-state index contributed by atoms with van der Waals surface area (Å²) in [5.74, 6) is -4.43. The maximum Gasteiger partial charge on any atom is 0.304 e. The third-order valence-corrected chi connectivity index (χ3v) is 4.24. The number of hydrogen-bond donors (Lipinski definition) is 0. The van der Waals surface area contributed by atoms with Crippen LogP contribution in [0.5, 0.6) is 0 Å². The molecule has 1 saturated heterocycles. The molecular formula is C15H16ClF3N4. The van der Waals surface area contributed by atoms with Crippen molar-refractivity contribution in [1.29, 1.82) is 0 Å². The number of halogens is 4. The topological polar surface area (TPSA) is 34.0 Å². The van der Waals surface area contributed by atoms with Gasteiger partial charge in [0.1, 0.15) is 5.69 Å². The standard InChI is InChI=1S/C15H16ClF3N4/c16-11-8-13(17)14(20-9-11)15(18,19)10-22-6-2-12(3-7-22)23-5-1-4-21-23/h1,4-5,8-9,12H,2-3,6-7,10H2. The van der Waals surface area contributed by atoms with Crippen molar-refractivity contribution >= 4 is 11.6 Å². The highest BCUT2D eigenvalue weighted by Crippen LogP contribution is 2.32. The highest BCUT2D eigenvalue weighted by Gasteiger charge is 2.39. The Morgan fingerprint density at radius 3 is 2.65 bits per heavy atom. The number of aromatic nitrogens is 3. The van der Waals surface area contributed by atoms with Gasteiger partial charge in [-0.15, -0.1) is 0 Å². The first-order valence-corrected chi connectivity index (χ1v) is 7.74. The minimum absolute atomic E-state index is 0.00193. The van der Waals surface area contributed by atoms with Crippen molar-refractivity contribution in [3.63, 3.8) is 0 Å². The third-order valence-electron chi connectivity index (χ3n) is 4.03. The molecule has 23 heavy (non-hydrogen) atoms. The Hall–Kier alpha value is -1.60. The van der Waals surface area contributed by atoms with Crippen LogP contribution < -0.4 is 0 Å². The Morgan fingerprint density at radius 1 is 1.30 bits per heavy atom. The Kier molecular flexibility index (Phi) is 4.59. The Morgan fingerprint density at radius 2 is 2.04 bits per heavy atom. The average molecular weight is 345 g/mol. The van der Waals surface area contributed by atoms with E-state index < -0.39 is 24.0 Å². The van der Waals surface area contributed by atoms with E-state index in [1.165, 1.54) is 0 Å². The summed E-state index contributed by atoms with van der Waals surface area (Å²) in [6.07, 6.45) is 6.08. The maximum atomic E-state index is 14.3. The second-order valence-electron chi connectivity index (χ2n) is 5.68. The van der Waals surface area contributed by atoms with Crippen molar-refractivity contribution in [2.75, 3.05) is 19.6 Å². The number of piperidine rings is 1. The van der Waals surface area contributed by atoms with Crippen LogP contribution in [-0.4, -0.2) is 39.3 Å². The Labute approximate surface area is 136 Å². The summed E-state index contributed by atoms with van der Waals surface area (Å²) < 4.78 is 44.1. The number of rotatable bonds is 4. The van der Waals surface area contributed by atoms with Crippen LogP contribution in [0.3, 0.4) is 0 Å². The van der Waals surface area contributed by atoms with Crippen LogP contribution in [0.1, 0.15) is 24.6 Å². The summed E-state index contributed by atoms with van der Waals surface area (Å²) in [5, 5.41) is 4.19. The lowest BCUT2D eigenvalue weighted by atomic mass is 10.0. The normalized spacial score (nSPS) is 17.6. The van der Waals surface area contributed by atoms with E-state index in [9.17, 15) is 13.2 Å². The van der Waals surface area contributed by atoms with Crippen LogP contribution >= 0.6 is 11.6 Å². The number of hydrogen-bond acceptors (Lipinski definition) is 3. The molecule has 2 aromatic heterocycles. The van der Waals surface area contributed by atoms with E-state index >= 15 is 0 Å². The molecule has 1 fully saturated rings. The molecule has 4 nitrogen and oxygen atoms in total. The van der Waals surface area contributed by atoms with Gasteiger partial charge in [-0.3, -0.25) is 14.6 Å². The molecule has 1 aliphatic rings. The van der Waals surface area contributed by atoms with Crippen LogP contribution in [0, 0.1) is 5.82 Å². The van der Waals surface area contributed by atoms with Crippen LogP contribution in [0.4, 0.5) is 13.2 Å². The minimum Gasteiger partial charge on any atom is -0.297 e. The van der Waals surface area contributed by atoms with Crippen LogP contribution in [-0.2, 0) is 5.92 Å². The van der Waals surface area contributed by atoms with E-state index in [0.29, 0.717) is 13.1 Å². The van der Waals surface area contributed by atoms with E-state index in [-0.39, 0.29) is 11.1 Å². The monoisotopic (exact) mass is 344 g/mol. The molecule has 0 unspecified atom stereocenters. The quantitative estimate of drug-likeness (QED) is 0.851. The summed E-state index contributed by atoms with van der Waals surface area (Å²) in [6.45, 7) is 0.467. The van der Waals surface area contributed by atoms with Gasteiger partial charge < -0.3 is 0 Å². The molecule has 0 amide bonds. The SMILES string of the molecule is Fc1cc(Cl)cnc1C(F)(F)CN1CCC(n2cccn2)CC1. The van der Waals surface area contributed by atoms with Gasteiger partial charge in [-0.2, -0.15) is 13.9 Å². The van der Waals surface area contributed by atoms with E-state index in [1.54, 1.807) is 11.1 Å². The summed E-state index contributed by atoms with van der Waals surface area (Å²) in [5.41, 5.74) is -0.851. The van der Waals surface area contributed by atoms with Crippen molar-refractivity contribution in [3.8, 4) is 0 Å². The van der Waals surface area contributed by atoms with Crippen molar-refractivity contribution in [2.45, 2.75) is 24.8 Å². The molecule has 0 atom stereocenters. The van der Waals surface area contributed by atoms with E-state index in [2.05, 4.69) is 10.1 Å². The lowest BCUT2D eigenvalue weighted by Crippen LogP contribution is -2.41.